The van der Waals surface area contributed by atoms with Crippen molar-refractivity contribution in [2.24, 2.45) is 0 Å². The Labute approximate surface area is 477 Å². The number of aromatic nitrogens is 2. The lowest BCUT2D eigenvalue weighted by Gasteiger charge is -2.26. The normalized spacial score (nSPS) is 11.9. The molecule has 0 unspecified atom stereocenters. The molecule has 0 atom stereocenters. The predicted octanol–water partition coefficient (Wildman–Crippen LogP) is 22.2. The van der Waals surface area contributed by atoms with Gasteiger partial charge in [-0.25, -0.2) is 0 Å². The fraction of sp³-hybridized carbons (Fsp3) is 0. The molecule has 0 N–H and O–H groups in total. The number of thiophene rings is 1. The average molecular weight is 1060 g/mol. The van der Waals surface area contributed by atoms with E-state index in [0.29, 0.717) is 0 Å². The lowest BCUT2D eigenvalue weighted by atomic mass is 9.94. The van der Waals surface area contributed by atoms with Crippen LogP contribution < -0.4 is 4.90 Å². The molecule has 0 aliphatic heterocycles. The van der Waals surface area contributed by atoms with Crippen LogP contribution in [0.15, 0.2) is 297 Å². The first-order valence-corrected chi connectivity index (χ1v) is 29.0. The Morgan fingerprint density at radius 2 is 0.646 bits per heavy atom. The van der Waals surface area contributed by atoms with Crippen molar-refractivity contribution in [1.82, 2.24) is 9.13 Å². The van der Waals surface area contributed by atoms with Crippen molar-refractivity contribution < 1.29 is 0 Å². The van der Waals surface area contributed by atoms with E-state index in [0.717, 1.165) is 50.6 Å². The fourth-order valence-electron chi connectivity index (χ4n) is 13.3. The molecule has 0 saturated carbocycles. The van der Waals surface area contributed by atoms with Crippen LogP contribution in [-0.4, -0.2) is 9.13 Å². The van der Waals surface area contributed by atoms with Crippen molar-refractivity contribution in [2.45, 2.75) is 0 Å². The fourth-order valence-corrected chi connectivity index (χ4v) is 14.5. The maximum Gasteiger partial charge on any atom is 0.0542 e. The van der Waals surface area contributed by atoms with E-state index >= 15 is 0 Å². The zero-order valence-electron chi connectivity index (χ0n) is 44.5. The van der Waals surface area contributed by atoms with E-state index in [1.54, 1.807) is 0 Å². The Morgan fingerprint density at radius 3 is 1.29 bits per heavy atom. The van der Waals surface area contributed by atoms with Crippen LogP contribution in [0.1, 0.15) is 0 Å². The molecule has 382 valence electrons. The summed E-state index contributed by atoms with van der Waals surface area (Å²) in [6.45, 7) is 0. The van der Waals surface area contributed by atoms with Gasteiger partial charge in [-0.3, -0.25) is 0 Å². The number of anilines is 3. The van der Waals surface area contributed by atoms with Crippen molar-refractivity contribution >= 4 is 125 Å². The molecule has 4 heteroatoms. The number of hydrogen-bond acceptors (Lipinski definition) is 2. The van der Waals surface area contributed by atoms with Crippen molar-refractivity contribution in [1.29, 1.82) is 0 Å². The van der Waals surface area contributed by atoms with Crippen LogP contribution in [0, 0.1) is 0 Å². The zero-order valence-corrected chi connectivity index (χ0v) is 45.4. The van der Waals surface area contributed by atoms with Gasteiger partial charge in [0.25, 0.3) is 0 Å². The maximum absolute atomic E-state index is 2.48. The van der Waals surface area contributed by atoms with Crippen molar-refractivity contribution in [3.05, 3.63) is 297 Å². The number of nitrogens with zero attached hydrogens (tertiary/aromatic N) is 3. The molecular formula is C78H49N3S. The third-order valence-electron chi connectivity index (χ3n) is 17.1. The second-order valence-electron chi connectivity index (χ2n) is 21.6. The lowest BCUT2D eigenvalue weighted by molar-refractivity contribution is 1.17. The van der Waals surface area contributed by atoms with Gasteiger partial charge in [0.15, 0.2) is 0 Å². The number of fused-ring (bicyclic) bond motifs is 15. The molecular weight excluding hydrogens is 1010 g/mol. The van der Waals surface area contributed by atoms with E-state index in [1.165, 1.54) is 107 Å². The molecule has 0 saturated heterocycles. The summed E-state index contributed by atoms with van der Waals surface area (Å²) in [4.78, 5) is 2.36. The first kappa shape index (κ1) is 46.4. The van der Waals surface area contributed by atoms with Crippen LogP contribution in [0.5, 0.6) is 0 Å². The standard InChI is InChI=1S/C78H49N3S/c1-3-16-50(17-4-1)53-34-43-73-69(46-53)66-24-11-13-27-72(66)80(73)59-41-45-75-71(49-59)70-47-54(35-44-74(70)81(75)58-40-42-65-63-22-8-7-20-61(63)62-21-9-10-23-64(62)68(65)48-58)51-30-36-56(37-31-51)79(55-18-5-2-6-19-55)57-38-32-52(33-39-57)60-26-15-29-77-78(60)67-25-12-14-28-76(67)82-77/h1-49H. The van der Waals surface area contributed by atoms with Crippen LogP contribution in [0.2, 0.25) is 0 Å². The van der Waals surface area contributed by atoms with Crippen LogP contribution >= 0.6 is 11.3 Å². The quantitative estimate of drug-likeness (QED) is 0.138. The molecule has 3 heterocycles. The van der Waals surface area contributed by atoms with Gasteiger partial charge in [0.05, 0.1) is 22.1 Å². The van der Waals surface area contributed by atoms with E-state index in [9.17, 15) is 0 Å². The molecule has 82 heavy (non-hydrogen) atoms. The van der Waals surface area contributed by atoms with Gasteiger partial charge in [-0.05, 0) is 175 Å². The third kappa shape index (κ3) is 7.29. The third-order valence-corrected chi connectivity index (χ3v) is 18.2. The molecule has 17 aromatic rings. The second-order valence-corrected chi connectivity index (χ2v) is 22.7. The van der Waals surface area contributed by atoms with E-state index in [2.05, 4.69) is 311 Å². The van der Waals surface area contributed by atoms with E-state index < -0.39 is 0 Å². The maximum atomic E-state index is 2.48. The zero-order chi connectivity index (χ0) is 53.8. The predicted molar refractivity (Wildman–Crippen MR) is 352 cm³/mol. The van der Waals surface area contributed by atoms with Gasteiger partial charge >= 0.3 is 0 Å². The summed E-state index contributed by atoms with van der Waals surface area (Å²) in [5.41, 5.74) is 17.5. The minimum Gasteiger partial charge on any atom is -0.311 e. The van der Waals surface area contributed by atoms with Gasteiger partial charge < -0.3 is 14.0 Å². The van der Waals surface area contributed by atoms with Crippen molar-refractivity contribution in [3.8, 4) is 44.8 Å². The Hall–Kier alpha value is -10.5. The first-order valence-electron chi connectivity index (χ1n) is 28.1. The van der Waals surface area contributed by atoms with Crippen LogP contribution in [-0.2, 0) is 0 Å². The molecule has 0 radical (unpaired) electrons. The minimum atomic E-state index is 1.09. The Morgan fingerprint density at radius 1 is 0.232 bits per heavy atom. The summed E-state index contributed by atoms with van der Waals surface area (Å²) in [6, 6.07) is 110. The minimum absolute atomic E-state index is 1.09. The molecule has 17 rings (SSSR count). The van der Waals surface area contributed by atoms with Gasteiger partial charge in [-0.1, -0.05) is 188 Å². The monoisotopic (exact) mass is 1060 g/mol. The second kappa shape index (κ2) is 18.5. The van der Waals surface area contributed by atoms with Gasteiger partial charge in [0.1, 0.15) is 0 Å². The number of para-hydroxylation sites is 2. The molecule has 14 aromatic carbocycles. The highest BCUT2D eigenvalue weighted by Gasteiger charge is 2.21. The summed E-state index contributed by atoms with van der Waals surface area (Å²) in [6.07, 6.45) is 0. The van der Waals surface area contributed by atoms with Crippen molar-refractivity contribution in [2.75, 3.05) is 4.90 Å². The molecule has 3 nitrogen and oxygen atoms in total. The summed E-state index contributed by atoms with van der Waals surface area (Å²) in [7, 11) is 0. The molecule has 0 fully saturated rings. The van der Waals surface area contributed by atoms with Gasteiger partial charge in [0.2, 0.25) is 0 Å². The molecule has 0 bridgehead atoms. The summed E-state index contributed by atoms with van der Waals surface area (Å²) >= 11 is 1.86. The van der Waals surface area contributed by atoms with E-state index in [-0.39, 0.29) is 0 Å². The van der Waals surface area contributed by atoms with Gasteiger partial charge in [-0.15, -0.1) is 11.3 Å². The summed E-state index contributed by atoms with van der Waals surface area (Å²) < 4.78 is 7.57. The van der Waals surface area contributed by atoms with Gasteiger partial charge in [0, 0.05) is 70.2 Å². The Kier molecular flexibility index (Phi) is 10.5. The molecule has 0 amide bonds. The van der Waals surface area contributed by atoms with Crippen LogP contribution in [0.3, 0.4) is 0 Å². The Balaban J connectivity index is 0.813. The SMILES string of the molecule is c1ccc(-c2ccc3c(c2)c2ccccc2n3-c2ccc3c(c2)c2cc(-c4ccc(N(c5ccccc5)c5ccc(-c6cccc7sc8ccccc8c67)cc5)cc4)ccc2n3-c2ccc3c4ccccc4c4ccccc4c3c2)cc1. The summed E-state index contributed by atoms with van der Waals surface area (Å²) in [5, 5.41) is 15.1. The van der Waals surface area contributed by atoms with Gasteiger partial charge in [-0.2, -0.15) is 0 Å². The topological polar surface area (TPSA) is 13.1 Å². The van der Waals surface area contributed by atoms with E-state index in [1.807, 2.05) is 11.3 Å². The number of hydrogen-bond donors (Lipinski definition) is 0. The van der Waals surface area contributed by atoms with Crippen molar-refractivity contribution in [3.63, 3.8) is 0 Å². The average Bonchev–Trinajstić information content (AvgIpc) is 3.05. The number of rotatable bonds is 8. The highest BCUT2D eigenvalue weighted by atomic mass is 32.1. The smallest absolute Gasteiger partial charge is 0.0542 e. The summed E-state index contributed by atoms with van der Waals surface area (Å²) in [5.74, 6) is 0. The highest BCUT2D eigenvalue weighted by molar-refractivity contribution is 7.26. The highest BCUT2D eigenvalue weighted by Crippen LogP contribution is 2.45. The van der Waals surface area contributed by atoms with Crippen LogP contribution in [0.4, 0.5) is 17.1 Å². The largest absolute Gasteiger partial charge is 0.311 e. The molecule has 3 aromatic heterocycles. The lowest BCUT2D eigenvalue weighted by Crippen LogP contribution is -2.09. The van der Waals surface area contributed by atoms with E-state index in [4.69, 9.17) is 0 Å². The molecule has 0 aliphatic rings. The van der Waals surface area contributed by atoms with Crippen LogP contribution in [0.25, 0.3) is 141 Å². The first-order chi connectivity index (χ1) is 40.7. The molecule has 0 spiro atoms. The molecule has 0 aliphatic carbocycles. The number of benzene rings is 14. The Bertz CT molecular complexity index is 5340.